The van der Waals surface area contributed by atoms with Crippen molar-refractivity contribution in [3.63, 3.8) is 0 Å². The highest BCUT2D eigenvalue weighted by Crippen LogP contribution is 2.25. The third kappa shape index (κ3) is 7.44. The molecule has 0 aliphatic carbocycles. The van der Waals surface area contributed by atoms with Crippen LogP contribution in [0.4, 0.5) is 5.69 Å². The normalized spacial score (nSPS) is 13.4. The van der Waals surface area contributed by atoms with Crippen LogP contribution in [0.3, 0.4) is 0 Å². The third-order valence-corrected chi connectivity index (χ3v) is 5.47. The number of hydrogen-bond donors (Lipinski definition) is 2. The van der Waals surface area contributed by atoms with E-state index in [0.717, 1.165) is 68.5 Å². The first-order chi connectivity index (χ1) is 15.2. The molecule has 0 saturated carbocycles. The average Bonchev–Trinajstić information content (AvgIpc) is 2.75. The Hall–Kier alpha value is -2.79. The Morgan fingerprint density at radius 1 is 1.06 bits per heavy atom. The van der Waals surface area contributed by atoms with E-state index in [1.54, 1.807) is 0 Å². The zero-order valence-electron chi connectivity index (χ0n) is 18.4. The molecule has 0 saturated heterocycles. The van der Waals surface area contributed by atoms with E-state index in [2.05, 4.69) is 36.5 Å². The van der Waals surface area contributed by atoms with Gasteiger partial charge in [-0.3, -0.25) is 0 Å². The Labute approximate surface area is 185 Å². The topological polar surface area (TPSA) is 67.8 Å². The van der Waals surface area contributed by atoms with Gasteiger partial charge < -0.3 is 15.3 Å². The van der Waals surface area contributed by atoms with E-state index >= 15 is 0 Å². The minimum atomic E-state index is -0.819. The fraction of sp³-hybridized carbons (Fsp3) is 0.423. The molecular weight excluding hydrogens is 390 g/mol. The zero-order valence-corrected chi connectivity index (χ0v) is 18.4. The number of rotatable bonds is 11. The molecule has 31 heavy (non-hydrogen) atoms. The molecule has 1 aliphatic heterocycles. The van der Waals surface area contributed by atoms with E-state index < -0.39 is 5.97 Å². The number of carboxylic acid groups (broad SMARTS) is 1. The fourth-order valence-corrected chi connectivity index (χ4v) is 3.70. The molecule has 3 rings (SSSR count). The summed E-state index contributed by atoms with van der Waals surface area (Å²) >= 11 is 0. The van der Waals surface area contributed by atoms with E-state index in [0.29, 0.717) is 18.6 Å². The molecule has 0 atom stereocenters. The van der Waals surface area contributed by atoms with Gasteiger partial charge in [0.1, 0.15) is 0 Å². The largest absolute Gasteiger partial charge is 0.478 e. The number of aliphatic carboxylic acids is 1. The number of carbonyl (C=O) groups is 1. The summed E-state index contributed by atoms with van der Waals surface area (Å²) in [6.07, 6.45) is 9.43. The van der Waals surface area contributed by atoms with Crippen molar-refractivity contribution in [1.29, 1.82) is 0 Å². The number of unbranched alkanes of at least 4 members (excludes halogenated alkanes) is 2. The number of aryl methyl sites for hydroxylation is 2. The van der Waals surface area contributed by atoms with Gasteiger partial charge in [-0.05, 0) is 92.0 Å². The van der Waals surface area contributed by atoms with Gasteiger partial charge in [-0.2, -0.15) is 4.89 Å². The molecule has 0 radical (unpaired) electrons. The lowest BCUT2D eigenvalue weighted by molar-refractivity contribution is -0.207. The van der Waals surface area contributed by atoms with Crippen molar-refractivity contribution in [3.8, 4) is 5.75 Å². The second-order valence-electron chi connectivity index (χ2n) is 8.04. The van der Waals surface area contributed by atoms with Crippen molar-refractivity contribution in [3.05, 3.63) is 64.7 Å². The maximum Gasteiger partial charge on any atom is 0.331 e. The van der Waals surface area contributed by atoms with Gasteiger partial charge in [0.15, 0.2) is 5.75 Å². The summed E-state index contributed by atoms with van der Waals surface area (Å²) in [5.74, 6) is -0.0657. The average molecular weight is 424 g/mol. The highest BCUT2D eigenvalue weighted by Gasteiger charge is 2.12. The van der Waals surface area contributed by atoms with Crippen molar-refractivity contribution in [1.82, 2.24) is 0 Å². The van der Waals surface area contributed by atoms with Gasteiger partial charge in [-0.1, -0.05) is 31.5 Å². The Bertz CT molecular complexity index is 891. The number of carboxylic acids is 1. The van der Waals surface area contributed by atoms with Crippen LogP contribution < -0.4 is 10.2 Å². The van der Waals surface area contributed by atoms with Gasteiger partial charge in [0.25, 0.3) is 0 Å². The minimum Gasteiger partial charge on any atom is -0.478 e. The van der Waals surface area contributed by atoms with E-state index in [-0.39, 0.29) is 0 Å². The lowest BCUT2D eigenvalue weighted by atomic mass is 9.98. The van der Waals surface area contributed by atoms with Crippen LogP contribution in [0.15, 0.2) is 48.0 Å². The molecule has 2 aromatic rings. The third-order valence-electron chi connectivity index (χ3n) is 5.47. The van der Waals surface area contributed by atoms with Crippen molar-refractivity contribution in [2.24, 2.45) is 0 Å². The van der Waals surface area contributed by atoms with Gasteiger partial charge in [0.2, 0.25) is 0 Å². The number of benzene rings is 2. The van der Waals surface area contributed by atoms with Crippen molar-refractivity contribution in [2.45, 2.75) is 58.3 Å². The quantitative estimate of drug-likeness (QED) is 0.262. The predicted octanol–water partition coefficient (Wildman–Crippen LogP) is 6.04. The molecule has 166 valence electrons. The molecule has 2 aromatic carbocycles. The molecule has 0 unspecified atom stereocenters. The van der Waals surface area contributed by atoms with Crippen LogP contribution in [0.5, 0.6) is 5.75 Å². The summed E-state index contributed by atoms with van der Waals surface area (Å²) in [7, 11) is 0. The van der Waals surface area contributed by atoms with Crippen LogP contribution in [-0.2, 0) is 22.5 Å². The van der Waals surface area contributed by atoms with Crippen molar-refractivity contribution in [2.75, 3.05) is 18.5 Å². The molecule has 2 N–H and O–H groups in total. The number of nitrogens with one attached hydrogen (secondary N) is 1. The van der Waals surface area contributed by atoms with Gasteiger partial charge in [0.05, 0.1) is 6.61 Å². The second-order valence-corrected chi connectivity index (χ2v) is 8.04. The number of fused-ring (bicyclic) bond motifs is 1. The van der Waals surface area contributed by atoms with Crippen LogP contribution in [-0.4, -0.2) is 24.2 Å². The number of hydrogen-bond acceptors (Lipinski definition) is 4. The Morgan fingerprint density at radius 3 is 2.65 bits per heavy atom. The zero-order chi connectivity index (χ0) is 21.9. The highest BCUT2D eigenvalue weighted by atomic mass is 17.2. The molecule has 0 fully saturated rings. The van der Waals surface area contributed by atoms with Gasteiger partial charge >= 0.3 is 5.97 Å². The summed E-state index contributed by atoms with van der Waals surface area (Å²) in [6.45, 7) is 3.53. The van der Waals surface area contributed by atoms with Crippen LogP contribution in [0.1, 0.15) is 62.1 Å². The summed E-state index contributed by atoms with van der Waals surface area (Å²) < 4.78 is 0. The predicted molar refractivity (Wildman–Crippen MR) is 124 cm³/mol. The van der Waals surface area contributed by atoms with Crippen LogP contribution >= 0.6 is 0 Å². The first-order valence-electron chi connectivity index (χ1n) is 11.3. The smallest absolute Gasteiger partial charge is 0.331 e. The monoisotopic (exact) mass is 423 g/mol. The maximum atomic E-state index is 11.5. The van der Waals surface area contributed by atoms with Crippen molar-refractivity contribution < 1.29 is 19.7 Å². The molecule has 5 heteroatoms. The van der Waals surface area contributed by atoms with Crippen molar-refractivity contribution >= 4 is 17.7 Å². The SMILES string of the molecule is CCCCOOc1cccc(CCCCc2ccc3c(c2)C=C(C(=O)O)CCCN3)c1. The molecule has 5 nitrogen and oxygen atoms in total. The molecule has 1 heterocycles. The van der Waals surface area contributed by atoms with E-state index in [1.807, 2.05) is 24.3 Å². The lowest BCUT2D eigenvalue weighted by Gasteiger charge is -2.15. The Kier molecular flexibility index (Phi) is 8.98. The van der Waals surface area contributed by atoms with Gasteiger partial charge in [-0.15, -0.1) is 0 Å². The fourth-order valence-electron chi connectivity index (χ4n) is 3.70. The summed E-state index contributed by atoms with van der Waals surface area (Å²) in [6, 6.07) is 14.4. The molecule has 0 amide bonds. The van der Waals surface area contributed by atoms with E-state index in [4.69, 9.17) is 9.78 Å². The molecule has 0 aromatic heterocycles. The summed E-state index contributed by atoms with van der Waals surface area (Å²) in [5, 5.41) is 12.8. The summed E-state index contributed by atoms with van der Waals surface area (Å²) in [5.41, 5.74) is 4.96. The highest BCUT2D eigenvalue weighted by molar-refractivity contribution is 5.93. The standard InChI is InChI=1S/C26H33NO4/c1-2-3-16-30-31-24-12-6-10-20(18-24)8-4-5-9-21-13-14-25-23(17-21)19-22(26(28)29)11-7-15-27-25/h6,10,12-14,17-19,27H,2-5,7-9,11,15-16H2,1H3,(H,28,29). The lowest BCUT2D eigenvalue weighted by Crippen LogP contribution is -2.10. The number of anilines is 1. The van der Waals surface area contributed by atoms with Gasteiger partial charge in [0, 0.05) is 17.8 Å². The summed E-state index contributed by atoms with van der Waals surface area (Å²) in [4.78, 5) is 22.1. The van der Waals surface area contributed by atoms with Crippen LogP contribution in [0.2, 0.25) is 0 Å². The molecule has 0 spiro atoms. The second kappa shape index (κ2) is 12.2. The van der Waals surface area contributed by atoms with Gasteiger partial charge in [-0.25, -0.2) is 4.79 Å². The molecular formula is C26H33NO4. The Balaban J connectivity index is 1.51. The molecule has 1 aliphatic rings. The maximum absolute atomic E-state index is 11.5. The van der Waals surface area contributed by atoms with Crippen LogP contribution in [0, 0.1) is 0 Å². The van der Waals surface area contributed by atoms with E-state index in [1.165, 1.54) is 11.1 Å². The Morgan fingerprint density at radius 2 is 1.87 bits per heavy atom. The molecule has 0 bridgehead atoms. The van der Waals surface area contributed by atoms with E-state index in [9.17, 15) is 9.90 Å². The first kappa shape index (κ1) is 22.9. The minimum absolute atomic E-state index is 0.487. The first-order valence-corrected chi connectivity index (χ1v) is 11.3. The van der Waals surface area contributed by atoms with Crippen LogP contribution in [0.25, 0.3) is 6.08 Å².